The quantitative estimate of drug-likeness (QED) is 0.428. The van der Waals surface area contributed by atoms with E-state index in [9.17, 15) is 14.4 Å². The molecular formula is C26H30O6. The lowest BCUT2D eigenvalue weighted by molar-refractivity contribution is -0.143. The third-order valence-corrected chi connectivity index (χ3v) is 6.19. The van der Waals surface area contributed by atoms with Gasteiger partial charge in [-0.2, -0.15) is 0 Å². The molecule has 170 valence electrons. The molecule has 0 amide bonds. The van der Waals surface area contributed by atoms with Crippen LogP contribution in [-0.4, -0.2) is 17.9 Å². The van der Waals surface area contributed by atoms with E-state index in [1.165, 1.54) is 26.3 Å². The summed E-state index contributed by atoms with van der Waals surface area (Å²) < 4.78 is 15.8. The van der Waals surface area contributed by atoms with Crippen LogP contribution < -0.4 is 0 Å². The summed E-state index contributed by atoms with van der Waals surface area (Å²) in [4.78, 5) is 34.2. The highest BCUT2D eigenvalue weighted by molar-refractivity contribution is 5.84. The largest absolute Gasteiger partial charge is 0.461 e. The fourth-order valence-electron chi connectivity index (χ4n) is 4.66. The van der Waals surface area contributed by atoms with Crippen LogP contribution in [0, 0.1) is 0 Å². The van der Waals surface area contributed by atoms with Crippen LogP contribution in [0.15, 0.2) is 30.3 Å². The SMILES string of the molecule is CCC1(CC)c2cc(COC(C)=O)ccc2-c2c(COC(C)=O)cc(COC(C)=O)cc21. The lowest BCUT2D eigenvalue weighted by Crippen LogP contribution is -2.23. The van der Waals surface area contributed by atoms with E-state index in [2.05, 4.69) is 32.0 Å². The van der Waals surface area contributed by atoms with E-state index in [-0.39, 0.29) is 43.1 Å². The Balaban J connectivity index is 2.18. The zero-order chi connectivity index (χ0) is 23.5. The van der Waals surface area contributed by atoms with Gasteiger partial charge in [-0.3, -0.25) is 14.4 Å². The Labute approximate surface area is 188 Å². The number of fused-ring (bicyclic) bond motifs is 3. The van der Waals surface area contributed by atoms with Crippen molar-refractivity contribution in [3.8, 4) is 11.1 Å². The van der Waals surface area contributed by atoms with Gasteiger partial charge in [0.25, 0.3) is 0 Å². The summed E-state index contributed by atoms with van der Waals surface area (Å²) in [6.07, 6.45) is 1.73. The van der Waals surface area contributed by atoms with Gasteiger partial charge in [0, 0.05) is 26.2 Å². The van der Waals surface area contributed by atoms with E-state index in [4.69, 9.17) is 14.2 Å². The summed E-state index contributed by atoms with van der Waals surface area (Å²) in [7, 11) is 0. The van der Waals surface area contributed by atoms with Gasteiger partial charge >= 0.3 is 17.9 Å². The molecule has 0 aliphatic heterocycles. The lowest BCUT2D eigenvalue weighted by atomic mass is 9.73. The number of rotatable bonds is 8. The molecule has 0 unspecified atom stereocenters. The van der Waals surface area contributed by atoms with Gasteiger partial charge in [-0.15, -0.1) is 0 Å². The van der Waals surface area contributed by atoms with Crippen molar-refractivity contribution < 1.29 is 28.6 Å². The van der Waals surface area contributed by atoms with Gasteiger partial charge in [-0.25, -0.2) is 0 Å². The van der Waals surface area contributed by atoms with E-state index in [0.29, 0.717) is 0 Å². The number of hydrogen-bond acceptors (Lipinski definition) is 6. The predicted octanol–water partition coefficient (Wildman–Crippen LogP) is 4.96. The number of hydrogen-bond donors (Lipinski definition) is 0. The fraction of sp³-hybridized carbons (Fsp3) is 0.423. The summed E-state index contributed by atoms with van der Waals surface area (Å²) in [5, 5.41) is 0. The van der Waals surface area contributed by atoms with Crippen LogP contribution in [0.1, 0.15) is 75.3 Å². The number of carbonyl (C=O) groups is 3. The van der Waals surface area contributed by atoms with Crippen molar-refractivity contribution in [1.29, 1.82) is 0 Å². The number of benzene rings is 2. The van der Waals surface area contributed by atoms with Crippen LogP contribution in [0.3, 0.4) is 0 Å². The predicted molar refractivity (Wildman–Crippen MR) is 120 cm³/mol. The van der Waals surface area contributed by atoms with Gasteiger partial charge < -0.3 is 14.2 Å². The Hall–Kier alpha value is -3.15. The van der Waals surface area contributed by atoms with Crippen LogP contribution in [0.5, 0.6) is 0 Å². The maximum atomic E-state index is 11.5. The van der Waals surface area contributed by atoms with E-state index in [1.807, 2.05) is 12.1 Å². The number of ether oxygens (including phenoxy) is 3. The molecule has 0 aromatic heterocycles. The standard InChI is InChI=1S/C26H30O6/c1-6-26(7-2)23-11-19(13-30-16(3)27)8-9-22(23)25-21(15-32-18(5)29)10-20(12-24(25)26)14-31-17(4)28/h8-12H,6-7,13-15H2,1-5H3. The molecule has 0 spiro atoms. The highest BCUT2D eigenvalue weighted by Crippen LogP contribution is 2.54. The smallest absolute Gasteiger partial charge is 0.302 e. The van der Waals surface area contributed by atoms with Crippen LogP contribution in [-0.2, 0) is 53.8 Å². The molecule has 32 heavy (non-hydrogen) atoms. The minimum atomic E-state index is -0.351. The average molecular weight is 439 g/mol. The van der Waals surface area contributed by atoms with Crippen LogP contribution in [0.25, 0.3) is 11.1 Å². The summed E-state index contributed by atoms with van der Waals surface area (Å²) in [5.74, 6) is -1.01. The second-order valence-corrected chi connectivity index (χ2v) is 8.19. The molecule has 0 bridgehead atoms. The minimum absolute atomic E-state index is 0.143. The van der Waals surface area contributed by atoms with E-state index >= 15 is 0 Å². The molecule has 3 rings (SSSR count). The average Bonchev–Trinajstić information content (AvgIpc) is 3.03. The van der Waals surface area contributed by atoms with E-state index in [1.54, 1.807) is 0 Å². The topological polar surface area (TPSA) is 78.9 Å². The van der Waals surface area contributed by atoms with Crippen molar-refractivity contribution in [3.05, 3.63) is 58.1 Å². The summed E-state index contributed by atoms with van der Waals surface area (Å²) >= 11 is 0. The first-order valence-electron chi connectivity index (χ1n) is 10.9. The van der Waals surface area contributed by atoms with Gasteiger partial charge in [0.1, 0.15) is 19.8 Å². The molecule has 1 aliphatic rings. The van der Waals surface area contributed by atoms with Gasteiger partial charge in [0.15, 0.2) is 0 Å². The van der Waals surface area contributed by atoms with Crippen LogP contribution >= 0.6 is 0 Å². The molecule has 0 atom stereocenters. The third kappa shape index (κ3) is 4.54. The monoisotopic (exact) mass is 438 g/mol. The van der Waals surface area contributed by atoms with E-state index in [0.717, 1.165) is 46.2 Å². The maximum Gasteiger partial charge on any atom is 0.302 e. The highest BCUT2D eigenvalue weighted by atomic mass is 16.5. The molecule has 1 aliphatic carbocycles. The molecule has 2 aromatic rings. The molecular weight excluding hydrogens is 408 g/mol. The molecule has 0 N–H and O–H groups in total. The summed E-state index contributed by atoms with van der Waals surface area (Å²) in [6, 6.07) is 10.2. The first-order chi connectivity index (χ1) is 15.2. The Bertz CT molecular complexity index is 1050. The summed E-state index contributed by atoms with van der Waals surface area (Å²) in [5.41, 5.74) is 6.92. The first kappa shape index (κ1) is 23.5. The maximum absolute atomic E-state index is 11.5. The Morgan fingerprint density at radius 3 is 1.81 bits per heavy atom. The van der Waals surface area contributed by atoms with Gasteiger partial charge in [-0.1, -0.05) is 38.1 Å². The zero-order valence-electron chi connectivity index (χ0n) is 19.4. The van der Waals surface area contributed by atoms with Crippen molar-refractivity contribution in [2.24, 2.45) is 0 Å². The highest BCUT2D eigenvalue weighted by Gasteiger charge is 2.42. The minimum Gasteiger partial charge on any atom is -0.461 e. The Kier molecular flexibility index (Phi) is 7.02. The molecule has 2 aromatic carbocycles. The first-order valence-corrected chi connectivity index (χ1v) is 10.9. The second-order valence-electron chi connectivity index (χ2n) is 8.19. The number of carbonyl (C=O) groups excluding carboxylic acids is 3. The summed E-state index contributed by atoms with van der Waals surface area (Å²) in [6.45, 7) is 9.02. The van der Waals surface area contributed by atoms with Gasteiger partial charge in [0.05, 0.1) is 0 Å². The number of esters is 3. The third-order valence-electron chi connectivity index (χ3n) is 6.19. The molecule has 6 heteroatoms. The molecule has 6 nitrogen and oxygen atoms in total. The van der Waals surface area contributed by atoms with Crippen molar-refractivity contribution in [2.45, 2.75) is 72.7 Å². The van der Waals surface area contributed by atoms with Crippen molar-refractivity contribution in [3.63, 3.8) is 0 Å². The van der Waals surface area contributed by atoms with Crippen molar-refractivity contribution >= 4 is 17.9 Å². The Morgan fingerprint density at radius 2 is 1.25 bits per heavy atom. The normalized spacial score (nSPS) is 13.2. The van der Waals surface area contributed by atoms with Crippen molar-refractivity contribution in [1.82, 2.24) is 0 Å². The van der Waals surface area contributed by atoms with Gasteiger partial charge in [-0.05, 0) is 57.9 Å². The zero-order valence-corrected chi connectivity index (χ0v) is 19.4. The second kappa shape index (κ2) is 9.55. The molecule has 0 radical (unpaired) electrons. The van der Waals surface area contributed by atoms with Crippen LogP contribution in [0.4, 0.5) is 0 Å². The molecule has 0 saturated heterocycles. The van der Waals surface area contributed by atoms with Gasteiger partial charge in [0.2, 0.25) is 0 Å². The molecule has 0 heterocycles. The fourth-order valence-corrected chi connectivity index (χ4v) is 4.66. The van der Waals surface area contributed by atoms with Crippen LogP contribution in [0.2, 0.25) is 0 Å². The van der Waals surface area contributed by atoms with Crippen molar-refractivity contribution in [2.75, 3.05) is 0 Å². The molecule has 0 fully saturated rings. The van der Waals surface area contributed by atoms with E-state index < -0.39 is 0 Å². The Morgan fingerprint density at radius 1 is 0.719 bits per heavy atom. The lowest BCUT2D eigenvalue weighted by Gasteiger charge is -2.30. The molecule has 0 saturated carbocycles.